The molecular weight excluding hydrogens is 435 g/mol. The number of nitrogens with one attached hydrogen (secondary N) is 2. The molecule has 0 spiro atoms. The first-order valence-electron chi connectivity index (χ1n) is 10.3. The number of nitriles is 1. The number of urea groups is 1. The predicted molar refractivity (Wildman–Crippen MR) is 118 cm³/mol. The maximum Gasteiger partial charge on any atom is 0.417 e. The van der Waals surface area contributed by atoms with E-state index >= 15 is 0 Å². The minimum Gasteiger partial charge on any atom is -0.367 e. The number of nitrogens with zero attached hydrogens (tertiary/aromatic N) is 3. The number of halogens is 3. The molecule has 1 unspecified atom stereocenters. The summed E-state index contributed by atoms with van der Waals surface area (Å²) in [5.41, 5.74) is 1.26. The zero-order valence-electron chi connectivity index (χ0n) is 18.5. The summed E-state index contributed by atoms with van der Waals surface area (Å²) < 4.78 is 40.1. The second-order valence-corrected chi connectivity index (χ2v) is 7.92. The van der Waals surface area contributed by atoms with Crippen LogP contribution in [-0.2, 0) is 11.0 Å². The van der Waals surface area contributed by atoms with Crippen LogP contribution < -0.4 is 15.5 Å². The summed E-state index contributed by atoms with van der Waals surface area (Å²) >= 11 is 0. The van der Waals surface area contributed by atoms with Gasteiger partial charge in [0.1, 0.15) is 6.04 Å². The van der Waals surface area contributed by atoms with Crippen LogP contribution in [0.5, 0.6) is 0 Å². The molecule has 2 aromatic carbocycles. The third kappa shape index (κ3) is 5.37. The van der Waals surface area contributed by atoms with E-state index in [4.69, 9.17) is 5.26 Å². The van der Waals surface area contributed by atoms with Crippen LogP contribution in [0.2, 0.25) is 0 Å². The van der Waals surface area contributed by atoms with E-state index in [1.165, 1.54) is 18.0 Å². The number of hydrogen-bond acceptors (Lipinski definition) is 4. The molecule has 0 bridgehead atoms. The van der Waals surface area contributed by atoms with Gasteiger partial charge in [-0.05, 0) is 55.3 Å². The number of rotatable bonds is 3. The van der Waals surface area contributed by atoms with Crippen LogP contribution in [0.3, 0.4) is 0 Å². The predicted octanol–water partition coefficient (Wildman–Crippen LogP) is 3.66. The van der Waals surface area contributed by atoms with E-state index in [0.717, 1.165) is 23.3 Å². The molecule has 10 heteroatoms. The van der Waals surface area contributed by atoms with Crippen molar-refractivity contribution in [2.24, 2.45) is 0 Å². The van der Waals surface area contributed by atoms with Gasteiger partial charge in [-0.3, -0.25) is 4.79 Å². The van der Waals surface area contributed by atoms with Crippen molar-refractivity contribution in [3.05, 3.63) is 58.7 Å². The van der Waals surface area contributed by atoms with E-state index in [-0.39, 0.29) is 25.3 Å². The fourth-order valence-electron chi connectivity index (χ4n) is 3.95. The van der Waals surface area contributed by atoms with E-state index in [2.05, 4.69) is 10.6 Å². The lowest BCUT2D eigenvalue weighted by Crippen LogP contribution is -2.61. The van der Waals surface area contributed by atoms with Crippen molar-refractivity contribution >= 4 is 23.3 Å². The van der Waals surface area contributed by atoms with E-state index < -0.39 is 35.3 Å². The van der Waals surface area contributed by atoms with Crippen LogP contribution in [0.4, 0.5) is 29.3 Å². The standard InChI is InChI=1S/C23H24F3N5O2/c1-14-8-15(2)10-17(9-14)29-22(33)31-7-6-30(13-20(31)21(32)28-3)18-5-4-16(12-27)19(11-18)23(24,25)26/h4-5,8-11,20H,6-7,13H2,1-3H3,(H,28,32)(H,29,33). The summed E-state index contributed by atoms with van der Waals surface area (Å²) in [6, 6.07) is 9.20. The number of carbonyl (C=O) groups excluding carboxylic acids is 2. The zero-order chi connectivity index (χ0) is 24.3. The molecule has 3 rings (SSSR count). The molecule has 3 amide bonds. The Labute approximate surface area is 189 Å². The highest BCUT2D eigenvalue weighted by Crippen LogP contribution is 2.35. The molecule has 1 saturated heterocycles. The van der Waals surface area contributed by atoms with Gasteiger partial charge in [-0.25, -0.2) is 4.79 Å². The summed E-state index contributed by atoms with van der Waals surface area (Å²) in [6.45, 7) is 4.15. The maximum absolute atomic E-state index is 13.4. The number of carbonyl (C=O) groups is 2. The van der Waals surface area contributed by atoms with E-state index in [1.54, 1.807) is 11.0 Å². The van der Waals surface area contributed by atoms with Crippen molar-refractivity contribution in [1.29, 1.82) is 5.26 Å². The molecule has 174 valence electrons. The quantitative estimate of drug-likeness (QED) is 0.733. The molecule has 1 aliphatic heterocycles. The Morgan fingerprint density at radius 1 is 1.09 bits per heavy atom. The van der Waals surface area contributed by atoms with E-state index in [1.807, 2.05) is 32.0 Å². The normalized spacial score (nSPS) is 16.2. The number of aryl methyl sites for hydroxylation is 2. The number of piperazine rings is 1. The van der Waals surface area contributed by atoms with Crippen LogP contribution in [0, 0.1) is 25.2 Å². The molecule has 7 nitrogen and oxygen atoms in total. The first kappa shape index (κ1) is 23.9. The van der Waals surface area contributed by atoms with Crippen molar-refractivity contribution in [1.82, 2.24) is 10.2 Å². The van der Waals surface area contributed by atoms with Crippen molar-refractivity contribution in [3.8, 4) is 6.07 Å². The monoisotopic (exact) mass is 459 g/mol. The molecule has 1 aliphatic rings. The Morgan fingerprint density at radius 2 is 1.76 bits per heavy atom. The van der Waals surface area contributed by atoms with Crippen molar-refractivity contribution in [3.63, 3.8) is 0 Å². The molecule has 2 N–H and O–H groups in total. The number of amides is 3. The molecule has 1 heterocycles. The molecule has 0 radical (unpaired) electrons. The van der Waals surface area contributed by atoms with Crippen molar-refractivity contribution in [2.45, 2.75) is 26.1 Å². The Bertz CT molecular complexity index is 1090. The Kier molecular flexibility index (Phi) is 6.81. The largest absolute Gasteiger partial charge is 0.417 e. The van der Waals surface area contributed by atoms with Gasteiger partial charge in [0, 0.05) is 38.1 Å². The van der Waals surface area contributed by atoms with Gasteiger partial charge in [0.25, 0.3) is 0 Å². The molecule has 1 atom stereocenters. The van der Waals surface area contributed by atoms with Crippen molar-refractivity contribution in [2.75, 3.05) is 36.9 Å². The lowest BCUT2D eigenvalue weighted by Gasteiger charge is -2.41. The first-order chi connectivity index (χ1) is 15.5. The fraction of sp³-hybridized carbons (Fsp3) is 0.348. The summed E-state index contributed by atoms with van der Waals surface area (Å²) in [7, 11) is 1.44. The number of alkyl halides is 3. The number of benzene rings is 2. The average Bonchev–Trinajstić information content (AvgIpc) is 2.76. The van der Waals surface area contributed by atoms with Gasteiger partial charge in [0.05, 0.1) is 17.2 Å². The number of hydrogen-bond donors (Lipinski definition) is 2. The van der Waals surface area contributed by atoms with Crippen molar-refractivity contribution < 1.29 is 22.8 Å². The lowest BCUT2D eigenvalue weighted by molar-refractivity contribution is -0.137. The number of anilines is 2. The second-order valence-electron chi connectivity index (χ2n) is 7.92. The average molecular weight is 459 g/mol. The van der Waals surface area contributed by atoms with Gasteiger partial charge in [-0.15, -0.1) is 0 Å². The Morgan fingerprint density at radius 3 is 2.33 bits per heavy atom. The summed E-state index contributed by atoms with van der Waals surface area (Å²) in [5, 5.41) is 14.3. The Balaban J connectivity index is 1.85. The summed E-state index contributed by atoms with van der Waals surface area (Å²) in [4.78, 5) is 28.5. The molecular formula is C23H24F3N5O2. The second kappa shape index (κ2) is 9.40. The minimum atomic E-state index is -4.69. The molecule has 0 aliphatic carbocycles. The maximum atomic E-state index is 13.4. The smallest absolute Gasteiger partial charge is 0.367 e. The molecule has 2 aromatic rings. The molecule has 0 saturated carbocycles. The topological polar surface area (TPSA) is 88.5 Å². The third-order valence-corrected chi connectivity index (χ3v) is 5.46. The Hall–Kier alpha value is -3.74. The first-order valence-corrected chi connectivity index (χ1v) is 10.3. The highest BCUT2D eigenvalue weighted by Gasteiger charge is 2.37. The van der Waals surface area contributed by atoms with Gasteiger partial charge >= 0.3 is 12.2 Å². The third-order valence-electron chi connectivity index (χ3n) is 5.46. The summed E-state index contributed by atoms with van der Waals surface area (Å²) in [6.07, 6.45) is -4.69. The lowest BCUT2D eigenvalue weighted by atomic mass is 10.0. The highest BCUT2D eigenvalue weighted by atomic mass is 19.4. The summed E-state index contributed by atoms with van der Waals surface area (Å²) in [5.74, 6) is -0.431. The van der Waals surface area contributed by atoms with Gasteiger partial charge in [0.2, 0.25) is 5.91 Å². The van der Waals surface area contributed by atoms with E-state index in [0.29, 0.717) is 5.69 Å². The van der Waals surface area contributed by atoms with Crippen LogP contribution in [-0.4, -0.2) is 49.6 Å². The fourth-order valence-corrected chi connectivity index (χ4v) is 3.95. The molecule has 33 heavy (non-hydrogen) atoms. The van der Waals surface area contributed by atoms with E-state index in [9.17, 15) is 22.8 Å². The van der Waals surface area contributed by atoms with Gasteiger partial charge in [0.15, 0.2) is 0 Å². The zero-order valence-corrected chi connectivity index (χ0v) is 18.5. The van der Waals surface area contributed by atoms with Crippen LogP contribution in [0.25, 0.3) is 0 Å². The van der Waals surface area contributed by atoms with Crippen LogP contribution in [0.15, 0.2) is 36.4 Å². The SMILES string of the molecule is CNC(=O)C1CN(c2ccc(C#N)c(C(F)(F)F)c2)CCN1C(=O)Nc1cc(C)cc(C)c1. The van der Waals surface area contributed by atoms with Crippen LogP contribution in [0.1, 0.15) is 22.3 Å². The molecule has 0 aromatic heterocycles. The highest BCUT2D eigenvalue weighted by molar-refractivity contribution is 5.94. The van der Waals surface area contributed by atoms with Gasteiger partial charge < -0.3 is 20.4 Å². The molecule has 1 fully saturated rings. The van der Waals surface area contributed by atoms with Gasteiger partial charge in [-0.2, -0.15) is 18.4 Å². The van der Waals surface area contributed by atoms with Gasteiger partial charge in [-0.1, -0.05) is 6.07 Å². The minimum absolute atomic E-state index is 0.00311. The number of likely N-dealkylation sites (N-methyl/N-ethyl adjacent to an activating group) is 1. The van der Waals surface area contributed by atoms with Crippen LogP contribution >= 0.6 is 0 Å².